The van der Waals surface area contributed by atoms with Crippen molar-refractivity contribution in [2.24, 2.45) is 0 Å². The summed E-state index contributed by atoms with van der Waals surface area (Å²) in [5.74, 6) is 0.609. The Hall–Kier alpha value is -2.63. The molecule has 1 aromatic heterocycles. The highest BCUT2D eigenvalue weighted by Gasteiger charge is 2.15. The number of halogens is 1. The average Bonchev–Trinajstić information content (AvgIpc) is 2.55. The van der Waals surface area contributed by atoms with Crippen LogP contribution in [0.3, 0.4) is 0 Å². The Morgan fingerprint density at radius 3 is 3.08 bits per heavy atom. The molecule has 0 unspecified atom stereocenters. The van der Waals surface area contributed by atoms with Crippen LogP contribution in [0.25, 0.3) is 0 Å². The summed E-state index contributed by atoms with van der Waals surface area (Å²) in [5, 5.41) is 2.50. The zero-order valence-corrected chi connectivity index (χ0v) is 13.6. The molecule has 1 amide bonds. The molecule has 0 saturated heterocycles. The average molecular weight is 329 g/mol. The number of ether oxygens (including phenoxy) is 1. The van der Waals surface area contributed by atoms with Gasteiger partial charge in [0.1, 0.15) is 11.6 Å². The van der Waals surface area contributed by atoms with Gasteiger partial charge in [0.05, 0.1) is 6.61 Å². The third-order valence-corrected chi connectivity index (χ3v) is 3.98. The first-order chi connectivity index (χ1) is 11.6. The van der Waals surface area contributed by atoms with E-state index in [0.717, 1.165) is 30.9 Å². The van der Waals surface area contributed by atoms with Crippen LogP contribution in [0.2, 0.25) is 0 Å². The number of hydrogen-bond acceptors (Lipinski definition) is 4. The van der Waals surface area contributed by atoms with Gasteiger partial charge in [-0.2, -0.15) is 0 Å². The molecule has 24 heavy (non-hydrogen) atoms. The van der Waals surface area contributed by atoms with Crippen molar-refractivity contribution in [3.8, 4) is 0 Å². The number of aromatic nitrogens is 1. The molecular weight excluding hydrogens is 309 g/mol. The maximum Gasteiger partial charge on any atom is 0.411 e. The SMILES string of the molecule is CN1CCCc2ccc(CCOC(=O)Nc3cccc(F)c3)nc21. The number of anilines is 2. The van der Waals surface area contributed by atoms with Crippen molar-refractivity contribution in [3.05, 3.63) is 53.5 Å². The second kappa shape index (κ2) is 7.29. The predicted molar refractivity (Wildman–Crippen MR) is 90.9 cm³/mol. The van der Waals surface area contributed by atoms with Gasteiger partial charge < -0.3 is 9.64 Å². The number of rotatable bonds is 4. The summed E-state index contributed by atoms with van der Waals surface area (Å²) in [6.07, 6.45) is 2.14. The Kier molecular flexibility index (Phi) is 4.93. The molecule has 1 aromatic carbocycles. The minimum atomic E-state index is -0.601. The van der Waals surface area contributed by atoms with E-state index in [0.29, 0.717) is 12.1 Å². The molecule has 0 spiro atoms. The number of nitrogens with zero attached hydrogens (tertiary/aromatic N) is 2. The molecule has 0 bridgehead atoms. The van der Waals surface area contributed by atoms with Gasteiger partial charge in [0.15, 0.2) is 0 Å². The fourth-order valence-electron chi connectivity index (χ4n) is 2.76. The first-order valence-electron chi connectivity index (χ1n) is 8.01. The minimum Gasteiger partial charge on any atom is -0.449 e. The molecule has 6 heteroatoms. The van der Waals surface area contributed by atoms with Crippen LogP contribution in [-0.4, -0.2) is 31.3 Å². The third kappa shape index (κ3) is 4.01. The molecule has 1 N–H and O–H groups in total. The Morgan fingerprint density at radius 2 is 2.25 bits per heavy atom. The van der Waals surface area contributed by atoms with E-state index in [-0.39, 0.29) is 6.61 Å². The fraction of sp³-hybridized carbons (Fsp3) is 0.333. The lowest BCUT2D eigenvalue weighted by Gasteiger charge is -2.26. The normalized spacial score (nSPS) is 13.3. The number of nitrogens with one attached hydrogen (secondary N) is 1. The van der Waals surface area contributed by atoms with E-state index in [1.807, 2.05) is 13.1 Å². The van der Waals surface area contributed by atoms with E-state index in [4.69, 9.17) is 4.74 Å². The lowest BCUT2D eigenvalue weighted by Crippen LogP contribution is -2.26. The van der Waals surface area contributed by atoms with Gasteiger partial charge in [-0.15, -0.1) is 0 Å². The topological polar surface area (TPSA) is 54.5 Å². The van der Waals surface area contributed by atoms with Crippen molar-refractivity contribution in [3.63, 3.8) is 0 Å². The van der Waals surface area contributed by atoms with Gasteiger partial charge >= 0.3 is 6.09 Å². The molecule has 0 fully saturated rings. The molecular formula is C18H20FN3O2. The second-order valence-electron chi connectivity index (χ2n) is 5.83. The van der Waals surface area contributed by atoms with E-state index < -0.39 is 11.9 Å². The van der Waals surface area contributed by atoms with Crippen LogP contribution in [0, 0.1) is 5.82 Å². The largest absolute Gasteiger partial charge is 0.449 e. The number of hydrogen-bond donors (Lipinski definition) is 1. The van der Waals surface area contributed by atoms with E-state index in [1.54, 1.807) is 6.07 Å². The summed E-state index contributed by atoms with van der Waals surface area (Å²) in [7, 11) is 2.04. The number of carbonyl (C=O) groups excluding carboxylic acids is 1. The Labute approximate surface area is 140 Å². The molecule has 1 aliphatic heterocycles. The summed E-state index contributed by atoms with van der Waals surface area (Å²) in [4.78, 5) is 18.5. The Balaban J connectivity index is 1.51. The highest BCUT2D eigenvalue weighted by molar-refractivity contribution is 5.84. The zero-order chi connectivity index (χ0) is 16.9. The number of pyridine rings is 1. The molecule has 0 saturated carbocycles. The summed E-state index contributed by atoms with van der Waals surface area (Å²) in [6, 6.07) is 9.76. The zero-order valence-electron chi connectivity index (χ0n) is 13.6. The molecule has 0 atom stereocenters. The summed E-state index contributed by atoms with van der Waals surface area (Å²) in [5.41, 5.74) is 2.52. The van der Waals surface area contributed by atoms with Crippen LogP contribution in [0.4, 0.5) is 20.7 Å². The van der Waals surface area contributed by atoms with Gasteiger partial charge in [0.25, 0.3) is 0 Å². The van der Waals surface area contributed by atoms with Crippen molar-refractivity contribution < 1.29 is 13.9 Å². The number of benzene rings is 1. The van der Waals surface area contributed by atoms with Gasteiger partial charge in [-0.25, -0.2) is 14.2 Å². The molecule has 1 aliphatic rings. The number of carbonyl (C=O) groups is 1. The maximum atomic E-state index is 13.1. The molecule has 5 nitrogen and oxygen atoms in total. The lowest BCUT2D eigenvalue weighted by atomic mass is 10.1. The van der Waals surface area contributed by atoms with Crippen LogP contribution < -0.4 is 10.2 Å². The summed E-state index contributed by atoms with van der Waals surface area (Å²) in [6.45, 7) is 1.23. The smallest absolute Gasteiger partial charge is 0.411 e. The Bertz CT molecular complexity index is 736. The fourth-order valence-corrected chi connectivity index (χ4v) is 2.76. The van der Waals surface area contributed by atoms with Gasteiger partial charge in [-0.3, -0.25) is 5.32 Å². The number of fused-ring (bicyclic) bond motifs is 1. The van der Waals surface area contributed by atoms with Crippen molar-refractivity contribution in [2.75, 3.05) is 30.4 Å². The molecule has 2 aromatic rings. The second-order valence-corrected chi connectivity index (χ2v) is 5.83. The van der Waals surface area contributed by atoms with Crippen LogP contribution in [0.15, 0.2) is 36.4 Å². The highest BCUT2D eigenvalue weighted by atomic mass is 19.1. The molecule has 0 aliphatic carbocycles. The van der Waals surface area contributed by atoms with Crippen LogP contribution in [-0.2, 0) is 17.6 Å². The quantitative estimate of drug-likeness (QED) is 0.934. The van der Waals surface area contributed by atoms with Crippen LogP contribution >= 0.6 is 0 Å². The van der Waals surface area contributed by atoms with E-state index in [2.05, 4.69) is 21.3 Å². The highest BCUT2D eigenvalue weighted by Crippen LogP contribution is 2.23. The van der Waals surface area contributed by atoms with Gasteiger partial charge in [-0.05, 0) is 42.7 Å². The van der Waals surface area contributed by atoms with Crippen molar-refractivity contribution in [1.82, 2.24) is 4.98 Å². The van der Waals surface area contributed by atoms with Crippen molar-refractivity contribution in [2.45, 2.75) is 19.3 Å². The first kappa shape index (κ1) is 16.2. The molecule has 0 radical (unpaired) electrons. The van der Waals surface area contributed by atoms with Crippen LogP contribution in [0.1, 0.15) is 17.7 Å². The van der Waals surface area contributed by atoms with Gasteiger partial charge in [-0.1, -0.05) is 12.1 Å². The molecule has 3 rings (SSSR count). The van der Waals surface area contributed by atoms with E-state index >= 15 is 0 Å². The first-order valence-corrected chi connectivity index (χ1v) is 8.01. The number of aryl methyl sites for hydroxylation is 1. The van der Waals surface area contributed by atoms with Crippen molar-refractivity contribution in [1.29, 1.82) is 0 Å². The lowest BCUT2D eigenvalue weighted by molar-refractivity contribution is 0.162. The monoisotopic (exact) mass is 329 g/mol. The molecule has 126 valence electrons. The minimum absolute atomic E-state index is 0.219. The maximum absolute atomic E-state index is 13.1. The van der Waals surface area contributed by atoms with Gasteiger partial charge in [0.2, 0.25) is 0 Å². The van der Waals surface area contributed by atoms with Gasteiger partial charge in [0, 0.05) is 31.4 Å². The summed E-state index contributed by atoms with van der Waals surface area (Å²) < 4.78 is 18.2. The standard InChI is InChI=1S/C18H20FN3O2/c1-22-10-3-4-13-7-8-15(20-17(13)22)9-11-24-18(23)21-16-6-2-5-14(19)12-16/h2,5-8,12H,3-4,9-11H2,1H3,(H,21,23). The Morgan fingerprint density at radius 1 is 1.38 bits per heavy atom. The van der Waals surface area contributed by atoms with Crippen LogP contribution in [0.5, 0.6) is 0 Å². The van der Waals surface area contributed by atoms with E-state index in [1.165, 1.54) is 23.8 Å². The molecule has 2 heterocycles. The van der Waals surface area contributed by atoms with E-state index in [9.17, 15) is 9.18 Å². The predicted octanol–water partition coefficient (Wildman–Crippen LogP) is 3.39. The number of amides is 1. The summed E-state index contributed by atoms with van der Waals surface area (Å²) >= 11 is 0. The van der Waals surface area contributed by atoms with Crippen molar-refractivity contribution >= 4 is 17.6 Å². The third-order valence-electron chi connectivity index (χ3n) is 3.98.